The molecule has 28 heavy (non-hydrogen) atoms. The molecule has 0 aromatic rings. The number of ketones is 1. The Morgan fingerprint density at radius 1 is 1.29 bits per heavy atom. The number of likely N-dealkylation sites (tertiary alicyclic amines) is 1. The highest BCUT2D eigenvalue weighted by molar-refractivity contribution is 6.27. The Morgan fingerprint density at radius 2 is 1.93 bits per heavy atom. The molecule has 156 valence electrons. The van der Waals surface area contributed by atoms with Crippen LogP contribution in [0.1, 0.15) is 40.5 Å². The molecule has 2 aliphatic heterocycles. The van der Waals surface area contributed by atoms with Crippen molar-refractivity contribution in [1.29, 1.82) is 0 Å². The van der Waals surface area contributed by atoms with E-state index in [1.807, 2.05) is 13.8 Å². The monoisotopic (exact) mass is 394 g/mol. The molecule has 5 atom stereocenters. The van der Waals surface area contributed by atoms with Gasteiger partial charge in [-0.25, -0.2) is 0 Å². The van der Waals surface area contributed by atoms with Crippen LogP contribution in [-0.2, 0) is 19.1 Å². The molecule has 0 spiro atoms. The number of hydrogen-bond donors (Lipinski definition) is 3. The van der Waals surface area contributed by atoms with Crippen LogP contribution in [0.15, 0.2) is 23.5 Å². The number of nitrogens with one attached hydrogen (secondary N) is 1. The van der Waals surface area contributed by atoms with Crippen molar-refractivity contribution in [1.82, 2.24) is 10.2 Å². The Hall–Kier alpha value is -2.19. The first-order valence-corrected chi connectivity index (χ1v) is 9.63. The van der Waals surface area contributed by atoms with Crippen LogP contribution in [-0.4, -0.2) is 64.2 Å². The summed E-state index contributed by atoms with van der Waals surface area (Å²) in [6, 6.07) is -1.08. The molecule has 2 saturated heterocycles. The molecule has 2 fully saturated rings. The second kappa shape index (κ2) is 8.87. The lowest BCUT2D eigenvalue weighted by Crippen LogP contribution is -2.54. The van der Waals surface area contributed by atoms with Gasteiger partial charge in [-0.3, -0.25) is 14.4 Å². The minimum absolute atomic E-state index is 0.120. The van der Waals surface area contributed by atoms with Gasteiger partial charge in [0.2, 0.25) is 5.91 Å². The summed E-state index contributed by atoms with van der Waals surface area (Å²) < 4.78 is 5.77. The molecule has 0 aromatic heterocycles. The molecule has 0 bridgehead atoms. The summed E-state index contributed by atoms with van der Waals surface area (Å²) in [6.45, 7) is 7.05. The fourth-order valence-electron chi connectivity index (χ4n) is 3.55. The molecule has 0 aromatic carbocycles. The smallest absolute Gasteiger partial charge is 0.264 e. The van der Waals surface area contributed by atoms with Crippen molar-refractivity contribution in [2.45, 2.75) is 65.0 Å². The molecule has 0 aliphatic carbocycles. The summed E-state index contributed by atoms with van der Waals surface area (Å²) in [5, 5.41) is 22.8. The molecule has 2 aliphatic rings. The second-order valence-corrected chi connectivity index (χ2v) is 7.73. The van der Waals surface area contributed by atoms with Gasteiger partial charge in [-0.2, -0.15) is 0 Å². The number of allylic oxidation sites excluding steroid dienone is 2. The SMILES string of the molecule is CNC(=O)C(C)C1C(=O)/C(=C(/O)C=CC(C)C)C(=O)N1C1CCC(O)C(C)O1. The number of rotatable bonds is 5. The predicted octanol–water partition coefficient (Wildman–Crippen LogP) is 1.06. The van der Waals surface area contributed by atoms with E-state index in [4.69, 9.17) is 4.74 Å². The highest BCUT2D eigenvalue weighted by Crippen LogP contribution is 2.34. The third-order valence-electron chi connectivity index (χ3n) is 5.23. The zero-order chi connectivity index (χ0) is 21.2. The van der Waals surface area contributed by atoms with Gasteiger partial charge >= 0.3 is 0 Å². The van der Waals surface area contributed by atoms with E-state index in [9.17, 15) is 24.6 Å². The van der Waals surface area contributed by atoms with Crippen molar-refractivity contribution >= 4 is 17.6 Å². The topological polar surface area (TPSA) is 116 Å². The lowest BCUT2D eigenvalue weighted by atomic mass is 9.94. The largest absolute Gasteiger partial charge is 0.507 e. The van der Waals surface area contributed by atoms with Crippen molar-refractivity contribution in [3.8, 4) is 0 Å². The maximum Gasteiger partial charge on any atom is 0.264 e. The molecule has 2 rings (SSSR count). The summed E-state index contributed by atoms with van der Waals surface area (Å²) in [5.74, 6) is -2.77. The van der Waals surface area contributed by atoms with Gasteiger partial charge in [0.15, 0.2) is 5.78 Å². The minimum atomic E-state index is -1.08. The molecule has 0 saturated carbocycles. The fourth-order valence-corrected chi connectivity index (χ4v) is 3.55. The van der Waals surface area contributed by atoms with Crippen LogP contribution in [0.5, 0.6) is 0 Å². The number of nitrogens with zero attached hydrogens (tertiary/aromatic N) is 1. The average molecular weight is 394 g/mol. The van der Waals surface area contributed by atoms with Crippen molar-refractivity contribution in [2.24, 2.45) is 11.8 Å². The van der Waals surface area contributed by atoms with Gasteiger partial charge in [0.05, 0.1) is 18.1 Å². The number of ether oxygens (including phenoxy) is 1. The second-order valence-electron chi connectivity index (χ2n) is 7.73. The van der Waals surface area contributed by atoms with Crippen LogP contribution in [0.3, 0.4) is 0 Å². The molecule has 2 amide bonds. The zero-order valence-corrected chi connectivity index (χ0v) is 17.0. The number of hydrogen-bond acceptors (Lipinski definition) is 6. The highest BCUT2D eigenvalue weighted by atomic mass is 16.5. The van der Waals surface area contributed by atoms with E-state index in [0.29, 0.717) is 12.8 Å². The van der Waals surface area contributed by atoms with Gasteiger partial charge in [0.1, 0.15) is 23.6 Å². The lowest BCUT2D eigenvalue weighted by molar-refractivity contribution is -0.181. The Morgan fingerprint density at radius 3 is 2.46 bits per heavy atom. The Balaban J connectivity index is 2.47. The number of amides is 2. The molecule has 5 unspecified atom stereocenters. The van der Waals surface area contributed by atoms with Crippen molar-refractivity contribution < 1.29 is 29.3 Å². The lowest BCUT2D eigenvalue weighted by Gasteiger charge is -2.39. The van der Waals surface area contributed by atoms with E-state index in [0.717, 1.165) is 0 Å². The maximum absolute atomic E-state index is 13.1. The van der Waals surface area contributed by atoms with E-state index in [1.54, 1.807) is 19.9 Å². The van der Waals surface area contributed by atoms with Crippen molar-refractivity contribution in [2.75, 3.05) is 7.05 Å². The number of aliphatic hydroxyl groups excluding tert-OH is 2. The third kappa shape index (κ3) is 4.28. The summed E-state index contributed by atoms with van der Waals surface area (Å²) in [5.41, 5.74) is -0.333. The summed E-state index contributed by atoms with van der Waals surface area (Å²) in [7, 11) is 1.46. The number of Topliss-reactive ketones (excluding diaryl/α,β-unsaturated/α-hetero) is 1. The first-order chi connectivity index (χ1) is 13.1. The van der Waals surface area contributed by atoms with Gasteiger partial charge in [-0.15, -0.1) is 0 Å². The van der Waals surface area contributed by atoms with Gasteiger partial charge < -0.3 is 25.2 Å². The van der Waals surface area contributed by atoms with Crippen molar-refractivity contribution in [3.05, 3.63) is 23.5 Å². The Labute approximate surface area is 165 Å². The highest BCUT2D eigenvalue weighted by Gasteiger charge is 2.52. The van der Waals surface area contributed by atoms with E-state index in [1.165, 1.54) is 18.0 Å². The Kier molecular flexibility index (Phi) is 7.01. The third-order valence-corrected chi connectivity index (χ3v) is 5.23. The van der Waals surface area contributed by atoms with Gasteiger partial charge in [-0.05, 0) is 31.8 Å². The van der Waals surface area contributed by atoms with Crippen molar-refractivity contribution in [3.63, 3.8) is 0 Å². The molecule has 2 heterocycles. The van der Waals surface area contributed by atoms with Crippen LogP contribution < -0.4 is 5.32 Å². The maximum atomic E-state index is 13.1. The molecule has 8 heteroatoms. The zero-order valence-electron chi connectivity index (χ0n) is 17.0. The summed E-state index contributed by atoms with van der Waals surface area (Å²) >= 11 is 0. The fraction of sp³-hybridized carbons (Fsp3) is 0.650. The predicted molar refractivity (Wildman–Crippen MR) is 102 cm³/mol. The van der Waals surface area contributed by atoms with Crippen LogP contribution in [0.2, 0.25) is 0 Å². The minimum Gasteiger partial charge on any atom is -0.507 e. The van der Waals surface area contributed by atoms with E-state index >= 15 is 0 Å². The first kappa shape index (κ1) is 22.1. The molecular formula is C20H30N2O6. The summed E-state index contributed by atoms with van der Waals surface area (Å²) in [4.78, 5) is 39.6. The van der Waals surface area contributed by atoms with Crippen LogP contribution in [0.4, 0.5) is 0 Å². The van der Waals surface area contributed by atoms with E-state index in [-0.39, 0.29) is 11.5 Å². The average Bonchev–Trinajstić information content (AvgIpc) is 2.91. The van der Waals surface area contributed by atoms with E-state index < -0.39 is 53.8 Å². The number of carbonyl (C=O) groups excluding carboxylic acids is 3. The van der Waals surface area contributed by atoms with Gasteiger partial charge in [-0.1, -0.05) is 26.8 Å². The van der Waals surface area contributed by atoms with E-state index in [2.05, 4.69) is 5.32 Å². The van der Waals surface area contributed by atoms with Gasteiger partial charge in [0, 0.05) is 7.05 Å². The number of carbonyl (C=O) groups is 3. The van der Waals surface area contributed by atoms with Crippen LogP contribution in [0, 0.1) is 11.8 Å². The first-order valence-electron chi connectivity index (χ1n) is 9.63. The standard InChI is InChI=1S/C20H30N2O6/c1-10(2)6-7-14(24)16-18(25)17(11(3)19(26)21-5)22(20(16)27)15-9-8-13(23)12(4)28-15/h6-7,10-13,15,17,23-24H,8-9H2,1-5H3,(H,21,26)/b7-6?,16-14-. The van der Waals surface area contributed by atoms with Gasteiger partial charge in [0.25, 0.3) is 5.91 Å². The van der Waals surface area contributed by atoms with Crippen LogP contribution >= 0.6 is 0 Å². The molecule has 0 radical (unpaired) electrons. The summed E-state index contributed by atoms with van der Waals surface area (Å²) in [6.07, 6.45) is 1.83. The Bertz CT molecular complexity index is 699. The molecular weight excluding hydrogens is 364 g/mol. The number of aliphatic hydroxyl groups is 2. The normalized spacial score (nSPS) is 31.6. The molecule has 3 N–H and O–H groups in total. The molecule has 8 nitrogen and oxygen atoms in total. The van der Waals surface area contributed by atoms with Crippen LogP contribution in [0.25, 0.3) is 0 Å². The quantitative estimate of drug-likeness (QED) is 0.365.